The van der Waals surface area contributed by atoms with Gasteiger partial charge in [0.05, 0.1) is 24.1 Å². The van der Waals surface area contributed by atoms with Crippen LogP contribution < -0.4 is 19.7 Å². The van der Waals surface area contributed by atoms with E-state index >= 15 is 8.78 Å². The predicted molar refractivity (Wildman–Crippen MR) is 120 cm³/mol. The summed E-state index contributed by atoms with van der Waals surface area (Å²) in [7, 11) is 1.32. The number of benzene rings is 3. The Balaban J connectivity index is 1.74. The molecule has 6 rings (SSSR count). The number of aromatic nitrogens is 2. The van der Waals surface area contributed by atoms with E-state index in [1.807, 2.05) is 4.90 Å². The molecule has 35 heavy (non-hydrogen) atoms. The summed E-state index contributed by atoms with van der Waals surface area (Å²) in [6.45, 7) is 1.73. The molecule has 3 aromatic carbocycles. The van der Waals surface area contributed by atoms with E-state index in [0.717, 1.165) is 12.1 Å². The van der Waals surface area contributed by atoms with Gasteiger partial charge in [0.25, 0.3) is 0 Å². The number of aromatic hydroxyl groups is 1. The fourth-order valence-electron chi connectivity index (χ4n) is 4.85. The Morgan fingerprint density at radius 2 is 1.91 bits per heavy atom. The quantitative estimate of drug-likeness (QED) is 0.416. The summed E-state index contributed by atoms with van der Waals surface area (Å²) in [5, 5.41) is 13.2. The van der Waals surface area contributed by atoms with Crippen molar-refractivity contribution in [1.82, 2.24) is 15.3 Å². The maximum Gasteiger partial charge on any atom is 0.318 e. The third kappa shape index (κ3) is 3.14. The highest BCUT2D eigenvalue weighted by molar-refractivity contribution is 6.04. The van der Waals surface area contributed by atoms with Crippen LogP contribution in [-0.4, -0.2) is 54.5 Å². The van der Waals surface area contributed by atoms with Gasteiger partial charge in [0, 0.05) is 30.6 Å². The molecule has 7 nitrogen and oxygen atoms in total. The molecule has 0 amide bonds. The fourth-order valence-corrected chi connectivity index (χ4v) is 4.85. The molecule has 0 radical (unpaired) electrons. The molecular formula is C24H18F4N4O3. The Bertz CT molecular complexity index is 1530. The largest absolute Gasteiger partial charge is 0.508 e. The summed E-state index contributed by atoms with van der Waals surface area (Å²) in [6.07, 6.45) is 0. The van der Waals surface area contributed by atoms with Crippen LogP contribution in [0.2, 0.25) is 0 Å². The summed E-state index contributed by atoms with van der Waals surface area (Å²) in [4.78, 5) is 10.4. The van der Waals surface area contributed by atoms with Crippen LogP contribution in [0.25, 0.3) is 32.8 Å². The standard InChI is InChI=1S/C24H18F4N4O3/c1-34-24-30-21-17-22(35-9-11-8-29-4-5-32(11)23(17)31-24)20(28)16(19(21)27)13-7-12(33)6-10-2-3-14(25)18(26)15(10)13/h2-3,6-7,11,29,33H,4-5,8-9H2,1H3/t11-/m0/s1. The first-order valence-electron chi connectivity index (χ1n) is 10.9. The molecule has 0 spiro atoms. The van der Waals surface area contributed by atoms with Gasteiger partial charge in [0.1, 0.15) is 23.7 Å². The van der Waals surface area contributed by atoms with Crippen LogP contribution in [-0.2, 0) is 0 Å². The Kier molecular flexibility index (Phi) is 4.85. The summed E-state index contributed by atoms with van der Waals surface area (Å²) < 4.78 is 72.3. The van der Waals surface area contributed by atoms with E-state index in [4.69, 9.17) is 9.47 Å². The molecule has 2 aliphatic heterocycles. The molecule has 180 valence electrons. The van der Waals surface area contributed by atoms with Crippen molar-refractivity contribution in [3.63, 3.8) is 0 Å². The van der Waals surface area contributed by atoms with E-state index in [9.17, 15) is 13.9 Å². The molecule has 1 fully saturated rings. The molecule has 1 atom stereocenters. The first kappa shape index (κ1) is 21.7. The van der Waals surface area contributed by atoms with Crippen molar-refractivity contribution in [3.05, 3.63) is 47.5 Å². The molecule has 2 aliphatic rings. The molecule has 11 heteroatoms. The third-order valence-corrected chi connectivity index (χ3v) is 6.43. The molecule has 0 saturated carbocycles. The number of halogens is 4. The maximum atomic E-state index is 16.1. The number of nitrogens with zero attached hydrogens (tertiary/aromatic N) is 3. The second-order valence-corrected chi connectivity index (χ2v) is 8.40. The van der Waals surface area contributed by atoms with Crippen LogP contribution in [0.4, 0.5) is 23.4 Å². The maximum absolute atomic E-state index is 16.1. The lowest BCUT2D eigenvalue weighted by Gasteiger charge is -2.35. The summed E-state index contributed by atoms with van der Waals surface area (Å²) in [5.74, 6) is -5.20. The van der Waals surface area contributed by atoms with Gasteiger partial charge in [0.15, 0.2) is 29.0 Å². The number of rotatable bonds is 2. The molecule has 1 saturated heterocycles. The average molecular weight is 486 g/mol. The Morgan fingerprint density at radius 3 is 2.71 bits per heavy atom. The van der Waals surface area contributed by atoms with E-state index in [1.54, 1.807) is 0 Å². The molecule has 3 heterocycles. The van der Waals surface area contributed by atoms with Gasteiger partial charge in [-0.05, 0) is 23.6 Å². The van der Waals surface area contributed by atoms with E-state index in [1.165, 1.54) is 19.2 Å². The fraction of sp³-hybridized carbons (Fsp3) is 0.250. The zero-order valence-electron chi connectivity index (χ0n) is 18.3. The zero-order chi connectivity index (χ0) is 24.4. The number of methoxy groups -OCH3 is 1. The minimum atomic E-state index is -1.30. The van der Waals surface area contributed by atoms with E-state index in [2.05, 4.69) is 15.3 Å². The van der Waals surface area contributed by atoms with Gasteiger partial charge in [-0.3, -0.25) is 0 Å². The average Bonchev–Trinajstić information content (AvgIpc) is 3.02. The van der Waals surface area contributed by atoms with Crippen molar-refractivity contribution < 1.29 is 32.1 Å². The minimum Gasteiger partial charge on any atom is -0.508 e. The van der Waals surface area contributed by atoms with Crippen molar-refractivity contribution >= 4 is 27.5 Å². The summed E-state index contributed by atoms with van der Waals surface area (Å²) in [5.41, 5.74) is -1.38. The molecule has 2 N–H and O–H groups in total. The van der Waals surface area contributed by atoms with Crippen molar-refractivity contribution in [2.45, 2.75) is 6.04 Å². The first-order valence-corrected chi connectivity index (χ1v) is 10.9. The molecule has 4 aromatic rings. The van der Waals surface area contributed by atoms with Gasteiger partial charge in [-0.2, -0.15) is 9.97 Å². The molecule has 1 aromatic heterocycles. The number of hydrogen-bond acceptors (Lipinski definition) is 7. The van der Waals surface area contributed by atoms with E-state index in [0.29, 0.717) is 19.6 Å². The molecule has 0 bridgehead atoms. The van der Waals surface area contributed by atoms with E-state index < -0.39 is 28.8 Å². The van der Waals surface area contributed by atoms with Crippen molar-refractivity contribution in [3.8, 4) is 28.6 Å². The number of phenolic OH excluding ortho intramolecular Hbond substituents is 1. The number of fused-ring (bicyclic) bond motifs is 3. The normalized spacial score (nSPS) is 17.3. The van der Waals surface area contributed by atoms with Crippen LogP contribution in [0.3, 0.4) is 0 Å². The molecule has 0 unspecified atom stereocenters. The highest BCUT2D eigenvalue weighted by atomic mass is 19.2. The number of piperazine rings is 1. The molecular weight excluding hydrogens is 468 g/mol. The Labute approximate surface area is 195 Å². The monoisotopic (exact) mass is 486 g/mol. The minimum absolute atomic E-state index is 0.0186. The topological polar surface area (TPSA) is 79.7 Å². The smallest absolute Gasteiger partial charge is 0.318 e. The number of phenols is 1. The van der Waals surface area contributed by atoms with Gasteiger partial charge in [0.2, 0.25) is 0 Å². The lowest BCUT2D eigenvalue weighted by molar-refractivity contribution is 0.264. The van der Waals surface area contributed by atoms with Gasteiger partial charge in [-0.15, -0.1) is 0 Å². The zero-order valence-corrected chi connectivity index (χ0v) is 18.3. The van der Waals surface area contributed by atoms with Crippen LogP contribution in [0.15, 0.2) is 24.3 Å². The second kappa shape index (κ2) is 7.84. The first-order chi connectivity index (χ1) is 16.9. The van der Waals surface area contributed by atoms with Crippen molar-refractivity contribution in [1.29, 1.82) is 0 Å². The Hall–Kier alpha value is -3.86. The SMILES string of the molecule is COc1nc2c3c(c(F)c(-c4cc(O)cc5ccc(F)c(F)c45)c(F)c3n1)OC[C@@H]1CNCCN21. The van der Waals surface area contributed by atoms with Crippen molar-refractivity contribution in [2.24, 2.45) is 0 Å². The molecule has 0 aliphatic carbocycles. The Morgan fingerprint density at radius 1 is 1.09 bits per heavy atom. The highest BCUT2D eigenvalue weighted by Gasteiger charge is 2.36. The van der Waals surface area contributed by atoms with Gasteiger partial charge in [-0.1, -0.05) is 6.07 Å². The summed E-state index contributed by atoms with van der Waals surface area (Å²) in [6, 6.07) is 3.88. The second-order valence-electron chi connectivity index (χ2n) is 8.40. The highest BCUT2D eigenvalue weighted by Crippen LogP contribution is 2.47. The number of ether oxygens (including phenoxy) is 2. The van der Waals surface area contributed by atoms with Gasteiger partial charge in [-0.25, -0.2) is 17.6 Å². The lowest BCUT2D eigenvalue weighted by Crippen LogP contribution is -2.53. The van der Waals surface area contributed by atoms with Crippen LogP contribution in [0.5, 0.6) is 17.5 Å². The van der Waals surface area contributed by atoms with Gasteiger partial charge >= 0.3 is 6.01 Å². The number of anilines is 1. The predicted octanol–water partition coefficient (Wildman–Crippen LogP) is 3.89. The van der Waals surface area contributed by atoms with Crippen LogP contribution >= 0.6 is 0 Å². The summed E-state index contributed by atoms with van der Waals surface area (Å²) >= 11 is 0. The van der Waals surface area contributed by atoms with Gasteiger partial charge < -0.3 is 24.8 Å². The number of nitrogens with one attached hydrogen (secondary N) is 1. The van der Waals surface area contributed by atoms with Crippen molar-refractivity contribution in [2.75, 3.05) is 38.3 Å². The third-order valence-electron chi connectivity index (χ3n) is 6.43. The van der Waals surface area contributed by atoms with Crippen LogP contribution in [0.1, 0.15) is 0 Å². The van der Waals surface area contributed by atoms with Crippen LogP contribution in [0, 0.1) is 23.3 Å². The number of hydrogen-bond donors (Lipinski definition) is 2. The lowest BCUT2D eigenvalue weighted by atomic mass is 9.94. The van der Waals surface area contributed by atoms with E-state index in [-0.39, 0.29) is 63.2 Å².